The second-order valence-electron chi connectivity index (χ2n) is 13.0. The Labute approximate surface area is 236 Å². The van der Waals surface area contributed by atoms with Crippen molar-refractivity contribution >= 4 is 11.9 Å². The van der Waals surface area contributed by atoms with E-state index in [4.69, 9.17) is 9.47 Å². The molecule has 38 heavy (non-hydrogen) atoms. The Morgan fingerprint density at radius 2 is 0.816 bits per heavy atom. The maximum atomic E-state index is 12.5. The zero-order chi connectivity index (χ0) is 28.2. The van der Waals surface area contributed by atoms with Crippen molar-refractivity contribution in [2.45, 2.75) is 157 Å². The normalized spacial score (nSPS) is 20.9. The number of carbonyl (C=O) groups is 2. The molecule has 0 radical (unpaired) electrons. The van der Waals surface area contributed by atoms with Gasteiger partial charge in [0.15, 0.2) is 0 Å². The Hall–Kier alpha value is -1.06. The van der Waals surface area contributed by atoms with Crippen molar-refractivity contribution in [3.63, 3.8) is 0 Å². The van der Waals surface area contributed by atoms with Crippen LogP contribution in [0.2, 0.25) is 0 Å². The van der Waals surface area contributed by atoms with E-state index < -0.39 is 0 Å². The topological polar surface area (TPSA) is 52.6 Å². The highest BCUT2D eigenvalue weighted by Gasteiger charge is 2.31. The van der Waals surface area contributed by atoms with Crippen LogP contribution in [0.3, 0.4) is 0 Å². The molecular formula is C34H64O4. The molecule has 0 aliphatic heterocycles. The summed E-state index contributed by atoms with van der Waals surface area (Å²) >= 11 is 0. The van der Waals surface area contributed by atoms with Crippen LogP contribution in [-0.2, 0) is 19.1 Å². The molecule has 0 N–H and O–H groups in total. The second-order valence-corrected chi connectivity index (χ2v) is 13.0. The fraction of sp³-hybridized carbons (Fsp3) is 0.941. The monoisotopic (exact) mass is 536 g/mol. The summed E-state index contributed by atoms with van der Waals surface area (Å²) < 4.78 is 11.2. The summed E-state index contributed by atoms with van der Waals surface area (Å²) in [6, 6.07) is 0. The molecule has 0 bridgehead atoms. The smallest absolute Gasteiger partial charge is 0.308 e. The molecule has 0 saturated heterocycles. The highest BCUT2D eigenvalue weighted by molar-refractivity contribution is 5.75. The van der Waals surface area contributed by atoms with Gasteiger partial charge >= 0.3 is 11.9 Å². The minimum atomic E-state index is -0.0593. The summed E-state index contributed by atoms with van der Waals surface area (Å²) in [6.07, 6.45) is 20.3. The van der Waals surface area contributed by atoms with Gasteiger partial charge in [-0.3, -0.25) is 9.59 Å². The van der Waals surface area contributed by atoms with E-state index in [0.29, 0.717) is 25.0 Å². The summed E-state index contributed by atoms with van der Waals surface area (Å²) in [6.45, 7) is 15.0. The molecule has 4 atom stereocenters. The van der Waals surface area contributed by atoms with E-state index in [9.17, 15) is 9.59 Å². The third kappa shape index (κ3) is 16.8. The predicted octanol–water partition coefficient (Wildman–Crippen LogP) is 9.92. The molecule has 0 aromatic carbocycles. The van der Waals surface area contributed by atoms with Gasteiger partial charge in [-0.25, -0.2) is 0 Å². The SMILES string of the molecule is CCCC(C)CCCC(C)CCCOC(=O)C1CCC(C(=O)OCCCC(C)CCCC(C)CCC)CC1. The zero-order valence-electron chi connectivity index (χ0n) is 26.2. The van der Waals surface area contributed by atoms with Crippen molar-refractivity contribution in [1.82, 2.24) is 0 Å². The van der Waals surface area contributed by atoms with Gasteiger partial charge in [0.05, 0.1) is 25.0 Å². The Balaban J connectivity index is 2.07. The Morgan fingerprint density at radius 1 is 0.526 bits per heavy atom. The zero-order valence-corrected chi connectivity index (χ0v) is 26.2. The molecule has 0 amide bonds. The van der Waals surface area contributed by atoms with Crippen molar-refractivity contribution in [2.24, 2.45) is 35.5 Å². The molecule has 1 rings (SSSR count). The number of hydrogen-bond acceptors (Lipinski definition) is 4. The maximum absolute atomic E-state index is 12.5. The van der Waals surface area contributed by atoms with E-state index in [-0.39, 0.29) is 23.8 Å². The molecular weight excluding hydrogens is 472 g/mol. The molecule has 0 aromatic heterocycles. The van der Waals surface area contributed by atoms with Crippen LogP contribution in [0, 0.1) is 35.5 Å². The number of rotatable bonds is 22. The van der Waals surface area contributed by atoms with Crippen LogP contribution in [0.15, 0.2) is 0 Å². The fourth-order valence-corrected chi connectivity index (χ4v) is 6.20. The molecule has 4 nitrogen and oxygen atoms in total. The van der Waals surface area contributed by atoms with Crippen LogP contribution in [0.5, 0.6) is 0 Å². The van der Waals surface area contributed by atoms with Crippen LogP contribution in [0.4, 0.5) is 0 Å². The van der Waals surface area contributed by atoms with Crippen molar-refractivity contribution in [3.8, 4) is 0 Å². The number of ether oxygens (including phenoxy) is 2. The minimum absolute atomic E-state index is 0.0441. The van der Waals surface area contributed by atoms with Gasteiger partial charge in [-0.1, -0.05) is 106 Å². The van der Waals surface area contributed by atoms with E-state index in [1.807, 2.05) is 0 Å². The molecule has 0 aromatic rings. The van der Waals surface area contributed by atoms with Crippen LogP contribution in [0.25, 0.3) is 0 Å². The first-order chi connectivity index (χ1) is 18.3. The first-order valence-corrected chi connectivity index (χ1v) is 16.6. The number of esters is 2. The van der Waals surface area contributed by atoms with E-state index in [2.05, 4.69) is 41.5 Å². The van der Waals surface area contributed by atoms with E-state index in [1.165, 1.54) is 64.2 Å². The summed E-state index contributed by atoms with van der Waals surface area (Å²) in [5, 5.41) is 0. The summed E-state index contributed by atoms with van der Waals surface area (Å²) in [5.74, 6) is 2.88. The van der Waals surface area contributed by atoms with Crippen molar-refractivity contribution in [3.05, 3.63) is 0 Å². The van der Waals surface area contributed by atoms with Crippen LogP contribution >= 0.6 is 0 Å². The Morgan fingerprint density at radius 3 is 1.13 bits per heavy atom. The molecule has 1 aliphatic rings. The van der Waals surface area contributed by atoms with Gasteiger partial charge in [-0.2, -0.15) is 0 Å². The van der Waals surface area contributed by atoms with Crippen molar-refractivity contribution in [1.29, 1.82) is 0 Å². The predicted molar refractivity (Wildman–Crippen MR) is 160 cm³/mol. The third-order valence-electron chi connectivity index (χ3n) is 8.92. The molecule has 4 unspecified atom stereocenters. The van der Waals surface area contributed by atoms with Gasteiger partial charge in [-0.15, -0.1) is 0 Å². The molecule has 1 saturated carbocycles. The summed E-state index contributed by atoms with van der Waals surface area (Å²) in [5.41, 5.74) is 0. The maximum Gasteiger partial charge on any atom is 0.308 e. The Bertz CT molecular complexity index is 543. The molecule has 1 aliphatic carbocycles. The average molecular weight is 537 g/mol. The molecule has 0 heterocycles. The van der Waals surface area contributed by atoms with Gasteiger partial charge < -0.3 is 9.47 Å². The molecule has 224 valence electrons. The van der Waals surface area contributed by atoms with Crippen LogP contribution in [-0.4, -0.2) is 25.2 Å². The van der Waals surface area contributed by atoms with Crippen LogP contribution in [0.1, 0.15) is 157 Å². The highest BCUT2D eigenvalue weighted by atomic mass is 16.5. The molecule has 4 heteroatoms. The van der Waals surface area contributed by atoms with Gasteiger partial charge in [0, 0.05) is 0 Å². The standard InChI is InChI=1S/C34H64O4/c1-7-13-27(3)15-9-17-29(5)19-11-25-37-33(35)31-21-23-32(24-22-31)34(36)38-26-12-20-30(6)18-10-16-28(4)14-8-2/h27-32H,7-26H2,1-6H3. The lowest BCUT2D eigenvalue weighted by molar-refractivity contribution is -0.155. The van der Waals surface area contributed by atoms with E-state index >= 15 is 0 Å². The first kappa shape index (κ1) is 35.0. The fourth-order valence-electron chi connectivity index (χ4n) is 6.20. The van der Waals surface area contributed by atoms with Gasteiger partial charge in [0.25, 0.3) is 0 Å². The lowest BCUT2D eigenvalue weighted by atomic mass is 9.82. The number of hydrogen-bond donors (Lipinski definition) is 0. The minimum Gasteiger partial charge on any atom is -0.465 e. The lowest BCUT2D eigenvalue weighted by Crippen LogP contribution is -2.28. The van der Waals surface area contributed by atoms with Crippen LogP contribution < -0.4 is 0 Å². The van der Waals surface area contributed by atoms with E-state index in [1.54, 1.807) is 0 Å². The largest absolute Gasteiger partial charge is 0.465 e. The summed E-state index contributed by atoms with van der Waals surface area (Å²) in [7, 11) is 0. The molecule has 0 spiro atoms. The third-order valence-corrected chi connectivity index (χ3v) is 8.92. The van der Waals surface area contributed by atoms with Crippen molar-refractivity contribution < 1.29 is 19.1 Å². The van der Waals surface area contributed by atoms with Gasteiger partial charge in [-0.05, 0) is 75.0 Å². The average Bonchev–Trinajstić information content (AvgIpc) is 2.89. The quantitative estimate of drug-likeness (QED) is 0.102. The molecule has 1 fully saturated rings. The summed E-state index contributed by atoms with van der Waals surface area (Å²) in [4.78, 5) is 25.0. The lowest BCUT2D eigenvalue weighted by Gasteiger charge is -2.26. The van der Waals surface area contributed by atoms with Crippen molar-refractivity contribution in [2.75, 3.05) is 13.2 Å². The first-order valence-electron chi connectivity index (χ1n) is 16.6. The second kappa shape index (κ2) is 21.7. The number of carbonyl (C=O) groups excluding carboxylic acids is 2. The van der Waals surface area contributed by atoms with Gasteiger partial charge in [0.2, 0.25) is 0 Å². The van der Waals surface area contributed by atoms with E-state index in [0.717, 1.165) is 63.2 Å². The Kier molecular flexibility index (Phi) is 20.0. The van der Waals surface area contributed by atoms with Gasteiger partial charge in [0.1, 0.15) is 0 Å². The highest BCUT2D eigenvalue weighted by Crippen LogP contribution is 2.31.